The number of likely N-dealkylation sites (tertiary alicyclic amines) is 1. The van der Waals surface area contributed by atoms with E-state index in [2.05, 4.69) is 13.8 Å². The minimum Gasteiger partial charge on any atom is -0.481 e. The van der Waals surface area contributed by atoms with Gasteiger partial charge in [0.2, 0.25) is 0 Å². The van der Waals surface area contributed by atoms with Gasteiger partial charge >= 0.3 is 12.0 Å². The molecule has 1 aliphatic heterocycles. The zero-order valence-electron chi connectivity index (χ0n) is 13.1. The predicted octanol–water partition coefficient (Wildman–Crippen LogP) is 2.66. The first-order valence-corrected chi connectivity index (χ1v) is 7.58. The van der Waals surface area contributed by atoms with E-state index in [1.54, 1.807) is 0 Å². The smallest absolute Gasteiger partial charge is 0.320 e. The summed E-state index contributed by atoms with van der Waals surface area (Å²) in [4.78, 5) is 26.9. The Kier molecular flexibility index (Phi) is 6.30. The van der Waals surface area contributed by atoms with Gasteiger partial charge in [0.05, 0.1) is 0 Å². The van der Waals surface area contributed by atoms with E-state index < -0.39 is 5.97 Å². The molecule has 1 atom stereocenters. The number of hydrogen-bond acceptors (Lipinski definition) is 2. The molecule has 1 aliphatic rings. The van der Waals surface area contributed by atoms with Crippen LogP contribution in [-0.4, -0.2) is 52.6 Å². The predicted molar refractivity (Wildman–Crippen MR) is 78.6 cm³/mol. The van der Waals surface area contributed by atoms with Gasteiger partial charge in [-0.15, -0.1) is 0 Å². The average Bonchev–Trinajstić information content (AvgIpc) is 2.80. The van der Waals surface area contributed by atoms with Gasteiger partial charge in [-0.3, -0.25) is 4.79 Å². The summed E-state index contributed by atoms with van der Waals surface area (Å²) in [6.07, 6.45) is 1.80. The molecule has 5 heteroatoms. The number of carboxylic acids is 1. The molecule has 0 saturated carbocycles. The molecule has 1 rings (SSSR count). The maximum Gasteiger partial charge on any atom is 0.320 e. The Bertz CT molecular complexity index is 342. The Morgan fingerprint density at radius 3 is 2.45 bits per heavy atom. The van der Waals surface area contributed by atoms with Crippen molar-refractivity contribution < 1.29 is 14.7 Å². The minimum atomic E-state index is -0.751. The van der Waals surface area contributed by atoms with E-state index in [4.69, 9.17) is 5.11 Å². The lowest BCUT2D eigenvalue weighted by Gasteiger charge is -2.32. The van der Waals surface area contributed by atoms with Crippen molar-refractivity contribution in [3.8, 4) is 0 Å². The number of amides is 2. The maximum atomic E-state index is 12.5. The zero-order valence-corrected chi connectivity index (χ0v) is 13.1. The van der Waals surface area contributed by atoms with Crippen LogP contribution in [0, 0.1) is 11.8 Å². The lowest BCUT2D eigenvalue weighted by Crippen LogP contribution is -2.47. The van der Waals surface area contributed by atoms with Gasteiger partial charge in [0.25, 0.3) is 0 Å². The van der Waals surface area contributed by atoms with Crippen LogP contribution in [0.4, 0.5) is 4.79 Å². The average molecular weight is 284 g/mol. The summed E-state index contributed by atoms with van der Waals surface area (Å²) in [5.74, 6) is 0.0354. The van der Waals surface area contributed by atoms with E-state index in [1.807, 2.05) is 23.6 Å². The Hall–Kier alpha value is -1.26. The van der Waals surface area contributed by atoms with Crippen molar-refractivity contribution in [3.63, 3.8) is 0 Å². The van der Waals surface area contributed by atoms with Gasteiger partial charge in [-0.2, -0.15) is 0 Å². The van der Waals surface area contributed by atoms with E-state index in [-0.39, 0.29) is 18.5 Å². The number of carbonyl (C=O) groups is 2. The van der Waals surface area contributed by atoms with Crippen LogP contribution in [0.1, 0.15) is 47.0 Å². The van der Waals surface area contributed by atoms with Crippen LogP contribution in [0.25, 0.3) is 0 Å². The second kappa shape index (κ2) is 7.50. The summed E-state index contributed by atoms with van der Waals surface area (Å²) in [5, 5.41) is 8.72. The van der Waals surface area contributed by atoms with Crippen molar-refractivity contribution in [2.75, 3.05) is 19.6 Å². The number of carboxylic acid groups (broad SMARTS) is 1. The standard InChI is InChI=1S/C15H28N2O3/c1-11(2)9-17(12(3)4)15(20)16-8-7-13(10-16)5-6-14(18)19/h11-13H,5-10H2,1-4H3,(H,18,19). The van der Waals surface area contributed by atoms with Crippen molar-refractivity contribution in [1.29, 1.82) is 0 Å². The van der Waals surface area contributed by atoms with Gasteiger partial charge in [0.1, 0.15) is 0 Å². The van der Waals surface area contributed by atoms with E-state index in [0.29, 0.717) is 24.8 Å². The third-order valence-corrected chi connectivity index (χ3v) is 3.75. The van der Waals surface area contributed by atoms with E-state index in [1.165, 1.54) is 0 Å². The van der Waals surface area contributed by atoms with Gasteiger partial charge in [-0.1, -0.05) is 13.8 Å². The van der Waals surface area contributed by atoms with Crippen LogP contribution < -0.4 is 0 Å². The highest BCUT2D eigenvalue weighted by molar-refractivity contribution is 5.75. The zero-order chi connectivity index (χ0) is 15.3. The first-order chi connectivity index (χ1) is 9.31. The molecule has 1 N–H and O–H groups in total. The third-order valence-electron chi connectivity index (χ3n) is 3.75. The monoisotopic (exact) mass is 284 g/mol. The summed E-state index contributed by atoms with van der Waals surface area (Å²) < 4.78 is 0. The topological polar surface area (TPSA) is 60.9 Å². The molecule has 1 unspecified atom stereocenters. The largest absolute Gasteiger partial charge is 0.481 e. The molecule has 0 aromatic rings. The molecule has 0 aliphatic carbocycles. The van der Waals surface area contributed by atoms with E-state index >= 15 is 0 Å². The van der Waals surface area contributed by atoms with Crippen molar-refractivity contribution in [3.05, 3.63) is 0 Å². The highest BCUT2D eigenvalue weighted by Gasteiger charge is 2.30. The lowest BCUT2D eigenvalue weighted by molar-refractivity contribution is -0.137. The Morgan fingerprint density at radius 1 is 1.30 bits per heavy atom. The van der Waals surface area contributed by atoms with Crippen molar-refractivity contribution in [2.45, 2.75) is 53.0 Å². The molecule has 1 saturated heterocycles. The van der Waals surface area contributed by atoms with Crippen LogP contribution in [0.5, 0.6) is 0 Å². The molecule has 0 bridgehead atoms. The third kappa shape index (κ3) is 5.02. The first kappa shape index (κ1) is 16.8. The quantitative estimate of drug-likeness (QED) is 0.815. The summed E-state index contributed by atoms with van der Waals surface area (Å²) in [5.41, 5.74) is 0. The van der Waals surface area contributed by atoms with E-state index in [0.717, 1.165) is 19.5 Å². The highest BCUT2D eigenvalue weighted by Crippen LogP contribution is 2.23. The molecule has 20 heavy (non-hydrogen) atoms. The van der Waals surface area contributed by atoms with Crippen LogP contribution in [0.3, 0.4) is 0 Å². The molecule has 1 heterocycles. The second-order valence-electron chi connectivity index (χ2n) is 6.46. The molecule has 0 spiro atoms. The molecule has 0 radical (unpaired) electrons. The first-order valence-electron chi connectivity index (χ1n) is 7.58. The molecule has 1 fully saturated rings. The van der Waals surface area contributed by atoms with Gasteiger partial charge in [-0.05, 0) is 38.5 Å². The summed E-state index contributed by atoms with van der Waals surface area (Å²) in [6.45, 7) is 10.5. The molecular weight excluding hydrogens is 256 g/mol. The number of aliphatic carboxylic acids is 1. The number of urea groups is 1. The van der Waals surface area contributed by atoms with Crippen LogP contribution in [-0.2, 0) is 4.79 Å². The van der Waals surface area contributed by atoms with Crippen molar-refractivity contribution >= 4 is 12.0 Å². The number of nitrogens with zero attached hydrogens (tertiary/aromatic N) is 2. The normalized spacial score (nSPS) is 18.9. The van der Waals surface area contributed by atoms with Crippen LogP contribution in [0.15, 0.2) is 0 Å². The summed E-state index contributed by atoms with van der Waals surface area (Å²) >= 11 is 0. The Labute approximate surface area is 121 Å². The minimum absolute atomic E-state index is 0.103. The van der Waals surface area contributed by atoms with Crippen molar-refractivity contribution in [2.24, 2.45) is 11.8 Å². The molecular formula is C15H28N2O3. The number of rotatable bonds is 6. The Balaban J connectivity index is 2.52. The van der Waals surface area contributed by atoms with Crippen LogP contribution in [0.2, 0.25) is 0 Å². The SMILES string of the molecule is CC(C)CN(C(=O)N1CCC(CCC(=O)O)C1)C(C)C. The maximum absolute atomic E-state index is 12.5. The fraction of sp³-hybridized carbons (Fsp3) is 0.867. The van der Waals surface area contributed by atoms with Gasteiger partial charge in [0, 0.05) is 32.1 Å². The summed E-state index contributed by atoms with van der Waals surface area (Å²) in [7, 11) is 0. The fourth-order valence-corrected chi connectivity index (χ4v) is 2.65. The molecule has 2 amide bonds. The molecule has 116 valence electrons. The van der Waals surface area contributed by atoms with Crippen LogP contribution >= 0.6 is 0 Å². The lowest BCUT2D eigenvalue weighted by atomic mass is 10.0. The molecule has 0 aromatic carbocycles. The summed E-state index contributed by atoms with van der Waals surface area (Å²) in [6, 6.07) is 0.300. The highest BCUT2D eigenvalue weighted by atomic mass is 16.4. The number of carbonyl (C=O) groups excluding carboxylic acids is 1. The van der Waals surface area contributed by atoms with E-state index in [9.17, 15) is 9.59 Å². The Morgan fingerprint density at radius 2 is 1.95 bits per heavy atom. The van der Waals surface area contributed by atoms with Gasteiger partial charge in [-0.25, -0.2) is 4.79 Å². The molecule has 0 aromatic heterocycles. The molecule has 5 nitrogen and oxygen atoms in total. The van der Waals surface area contributed by atoms with Gasteiger partial charge < -0.3 is 14.9 Å². The van der Waals surface area contributed by atoms with Gasteiger partial charge in [0.15, 0.2) is 0 Å². The fourth-order valence-electron chi connectivity index (χ4n) is 2.65. The number of hydrogen-bond donors (Lipinski definition) is 1. The second-order valence-corrected chi connectivity index (χ2v) is 6.46. The van der Waals surface area contributed by atoms with Crippen molar-refractivity contribution in [1.82, 2.24) is 9.80 Å².